The molecular weight excluding hydrogens is 388 g/mol. The molecule has 0 atom stereocenters. The van der Waals surface area contributed by atoms with Gasteiger partial charge >= 0.3 is 10.1 Å². The van der Waals surface area contributed by atoms with Crippen molar-refractivity contribution in [3.63, 3.8) is 0 Å². The fourth-order valence-electron chi connectivity index (χ4n) is 2.31. The highest BCUT2D eigenvalue weighted by atomic mass is 32.2. The van der Waals surface area contributed by atoms with Gasteiger partial charge in [-0.25, -0.2) is 8.42 Å². The summed E-state index contributed by atoms with van der Waals surface area (Å²) in [5.41, 5.74) is 1.38. The van der Waals surface area contributed by atoms with Crippen LogP contribution in [0.4, 0.5) is 0 Å². The SMILES string of the molecule is Cc1ccc(S(=O)(=O)Oc2ccc(S(=O)(=O)c3nnccc3C)cc2)cc1. The normalized spacial score (nSPS) is 11.9. The monoisotopic (exact) mass is 404 g/mol. The Morgan fingerprint density at radius 2 is 1.37 bits per heavy atom. The quantitative estimate of drug-likeness (QED) is 0.602. The summed E-state index contributed by atoms with van der Waals surface area (Å²) in [6.07, 6.45) is 1.40. The molecule has 0 fully saturated rings. The van der Waals surface area contributed by atoms with Crippen LogP contribution in [0.15, 0.2) is 75.6 Å². The third-order valence-electron chi connectivity index (χ3n) is 3.78. The van der Waals surface area contributed by atoms with Gasteiger partial charge in [-0.15, -0.1) is 5.10 Å². The molecule has 0 bridgehead atoms. The number of benzene rings is 2. The average Bonchev–Trinajstić information content (AvgIpc) is 2.62. The van der Waals surface area contributed by atoms with Crippen LogP contribution < -0.4 is 4.18 Å². The van der Waals surface area contributed by atoms with Crippen LogP contribution in [0.3, 0.4) is 0 Å². The van der Waals surface area contributed by atoms with Gasteiger partial charge in [0.05, 0.1) is 4.90 Å². The van der Waals surface area contributed by atoms with Crippen molar-refractivity contribution in [1.29, 1.82) is 0 Å². The van der Waals surface area contributed by atoms with E-state index in [9.17, 15) is 16.8 Å². The van der Waals surface area contributed by atoms with Gasteiger partial charge in [0.1, 0.15) is 10.6 Å². The molecule has 0 aliphatic rings. The Morgan fingerprint density at radius 1 is 0.778 bits per heavy atom. The lowest BCUT2D eigenvalue weighted by Crippen LogP contribution is -2.10. The first-order valence-corrected chi connectivity index (χ1v) is 10.7. The number of hydrogen-bond acceptors (Lipinski definition) is 7. The minimum atomic E-state index is -4.01. The van der Waals surface area contributed by atoms with Crippen molar-refractivity contribution in [3.05, 3.63) is 71.9 Å². The lowest BCUT2D eigenvalue weighted by molar-refractivity contribution is 0.486. The van der Waals surface area contributed by atoms with Crippen molar-refractivity contribution >= 4 is 20.0 Å². The van der Waals surface area contributed by atoms with E-state index >= 15 is 0 Å². The zero-order chi connectivity index (χ0) is 19.7. The molecule has 0 amide bonds. The van der Waals surface area contributed by atoms with Crippen molar-refractivity contribution in [2.75, 3.05) is 0 Å². The van der Waals surface area contributed by atoms with Crippen LogP contribution in [-0.4, -0.2) is 27.0 Å². The van der Waals surface area contributed by atoms with Crippen LogP contribution in [0.25, 0.3) is 0 Å². The van der Waals surface area contributed by atoms with Gasteiger partial charge in [0, 0.05) is 6.20 Å². The van der Waals surface area contributed by atoms with Crippen molar-refractivity contribution in [3.8, 4) is 5.75 Å². The van der Waals surface area contributed by atoms with E-state index in [-0.39, 0.29) is 20.6 Å². The highest BCUT2D eigenvalue weighted by Gasteiger charge is 2.23. The van der Waals surface area contributed by atoms with Crippen molar-refractivity contribution in [2.45, 2.75) is 28.7 Å². The average molecular weight is 404 g/mol. The highest BCUT2D eigenvalue weighted by molar-refractivity contribution is 7.91. The molecular formula is C18H16N2O5S2. The molecule has 9 heteroatoms. The molecule has 3 rings (SSSR count). The van der Waals surface area contributed by atoms with E-state index in [4.69, 9.17) is 4.18 Å². The van der Waals surface area contributed by atoms with Crippen LogP contribution in [0.1, 0.15) is 11.1 Å². The summed E-state index contributed by atoms with van der Waals surface area (Å²) < 4.78 is 55.0. The summed E-state index contributed by atoms with van der Waals surface area (Å²) in [6, 6.07) is 12.9. The van der Waals surface area contributed by atoms with E-state index in [2.05, 4.69) is 10.2 Å². The first-order valence-electron chi connectivity index (χ1n) is 7.85. The van der Waals surface area contributed by atoms with Gasteiger partial charge in [-0.05, 0) is 61.9 Å². The standard InChI is InChI=1S/C18H16N2O5S2/c1-13-3-7-17(8-4-13)27(23,24)25-15-5-9-16(10-6-15)26(21,22)18-14(2)11-12-19-20-18/h3-12H,1-2H3. The Hall–Kier alpha value is -2.78. The minimum absolute atomic E-state index is 0.00499. The second kappa shape index (κ2) is 7.09. The second-order valence-electron chi connectivity index (χ2n) is 5.84. The van der Waals surface area contributed by atoms with Gasteiger partial charge in [0.15, 0.2) is 5.03 Å². The summed E-state index contributed by atoms with van der Waals surface area (Å²) in [5.74, 6) is 0.00499. The Kier molecular flexibility index (Phi) is 4.99. The molecule has 0 saturated heterocycles. The molecule has 140 valence electrons. The Balaban J connectivity index is 1.88. The second-order valence-corrected chi connectivity index (χ2v) is 9.26. The fraction of sp³-hybridized carbons (Fsp3) is 0.111. The van der Waals surface area contributed by atoms with Crippen LogP contribution >= 0.6 is 0 Å². The summed E-state index contributed by atoms with van der Waals surface area (Å²) in [4.78, 5) is -0.0221. The maximum absolute atomic E-state index is 12.6. The number of aryl methyl sites for hydroxylation is 2. The molecule has 1 heterocycles. The molecule has 0 spiro atoms. The summed E-state index contributed by atoms with van der Waals surface area (Å²) in [5, 5.41) is 7.15. The van der Waals surface area contributed by atoms with E-state index in [1.807, 2.05) is 6.92 Å². The van der Waals surface area contributed by atoms with Gasteiger partial charge in [-0.3, -0.25) is 0 Å². The Labute approximate surface area is 157 Å². The van der Waals surface area contributed by atoms with E-state index < -0.39 is 20.0 Å². The summed E-state index contributed by atoms with van der Waals surface area (Å²) in [6.45, 7) is 3.46. The van der Waals surface area contributed by atoms with Crippen LogP contribution in [0.5, 0.6) is 5.75 Å². The summed E-state index contributed by atoms with van der Waals surface area (Å²) >= 11 is 0. The van der Waals surface area contributed by atoms with E-state index in [1.54, 1.807) is 25.1 Å². The topological polar surface area (TPSA) is 103 Å². The van der Waals surface area contributed by atoms with E-state index in [1.165, 1.54) is 42.6 Å². The first-order chi connectivity index (χ1) is 12.7. The molecule has 0 unspecified atom stereocenters. The zero-order valence-corrected chi connectivity index (χ0v) is 16.2. The van der Waals surface area contributed by atoms with Crippen molar-refractivity contribution in [2.24, 2.45) is 0 Å². The first kappa shape index (κ1) is 19.0. The van der Waals surface area contributed by atoms with Crippen LogP contribution in [0, 0.1) is 13.8 Å². The maximum atomic E-state index is 12.6. The predicted octanol–water partition coefficient (Wildman–Crippen LogP) is 2.69. The number of rotatable bonds is 5. The molecule has 0 saturated carbocycles. The lowest BCUT2D eigenvalue weighted by Gasteiger charge is -2.09. The molecule has 0 N–H and O–H groups in total. The minimum Gasteiger partial charge on any atom is -0.379 e. The van der Waals surface area contributed by atoms with Crippen molar-refractivity contribution < 1.29 is 21.0 Å². The predicted molar refractivity (Wildman–Crippen MR) is 97.7 cm³/mol. The summed E-state index contributed by atoms with van der Waals surface area (Å²) in [7, 11) is -7.87. The molecule has 0 radical (unpaired) electrons. The lowest BCUT2D eigenvalue weighted by atomic mass is 10.2. The number of aromatic nitrogens is 2. The molecule has 7 nitrogen and oxygen atoms in total. The van der Waals surface area contributed by atoms with Crippen molar-refractivity contribution in [1.82, 2.24) is 10.2 Å². The number of hydrogen-bond donors (Lipinski definition) is 0. The van der Waals surface area contributed by atoms with Gasteiger partial charge in [-0.2, -0.15) is 13.5 Å². The third kappa shape index (κ3) is 3.99. The van der Waals surface area contributed by atoms with E-state index in [0.717, 1.165) is 5.56 Å². The van der Waals surface area contributed by atoms with Gasteiger partial charge in [-0.1, -0.05) is 17.7 Å². The molecule has 2 aromatic carbocycles. The molecule has 0 aliphatic heterocycles. The maximum Gasteiger partial charge on any atom is 0.339 e. The smallest absolute Gasteiger partial charge is 0.339 e. The molecule has 1 aromatic heterocycles. The number of nitrogens with zero attached hydrogens (tertiary/aromatic N) is 2. The van der Waals surface area contributed by atoms with Gasteiger partial charge in [0.25, 0.3) is 0 Å². The van der Waals surface area contributed by atoms with Crippen LogP contribution in [-0.2, 0) is 20.0 Å². The highest BCUT2D eigenvalue weighted by Crippen LogP contribution is 2.25. The van der Waals surface area contributed by atoms with Gasteiger partial charge in [0.2, 0.25) is 9.84 Å². The molecule has 27 heavy (non-hydrogen) atoms. The number of sulfone groups is 1. The molecule has 3 aromatic rings. The fourth-order valence-corrected chi connectivity index (χ4v) is 4.61. The van der Waals surface area contributed by atoms with Gasteiger partial charge < -0.3 is 4.18 Å². The largest absolute Gasteiger partial charge is 0.379 e. The Bertz CT molecular complexity index is 1170. The zero-order valence-electron chi connectivity index (χ0n) is 14.5. The van der Waals surface area contributed by atoms with E-state index in [0.29, 0.717) is 5.56 Å². The Morgan fingerprint density at radius 3 is 1.96 bits per heavy atom. The molecule has 0 aliphatic carbocycles. The third-order valence-corrected chi connectivity index (χ3v) is 6.85. The van der Waals surface area contributed by atoms with Crippen LogP contribution in [0.2, 0.25) is 0 Å².